The van der Waals surface area contributed by atoms with Gasteiger partial charge in [0.25, 0.3) is 0 Å². The zero-order valence-electron chi connectivity index (χ0n) is 11.7. The van der Waals surface area contributed by atoms with Gasteiger partial charge in [-0.3, -0.25) is 0 Å². The smallest absolute Gasteiger partial charge is 0.128 e. The highest BCUT2D eigenvalue weighted by Gasteiger charge is 2.18. The Hall–Kier alpha value is -1.48. The third-order valence-corrected chi connectivity index (χ3v) is 4.49. The van der Waals surface area contributed by atoms with Crippen molar-refractivity contribution in [2.45, 2.75) is 33.1 Å². The van der Waals surface area contributed by atoms with E-state index in [1.165, 1.54) is 18.4 Å². The van der Waals surface area contributed by atoms with Crippen LogP contribution < -0.4 is 5.32 Å². The van der Waals surface area contributed by atoms with Gasteiger partial charge in [0.15, 0.2) is 0 Å². The highest BCUT2D eigenvalue weighted by molar-refractivity contribution is 5.91. The molecule has 0 radical (unpaired) electrons. The Labute approximate surface area is 114 Å². The van der Waals surface area contributed by atoms with Gasteiger partial charge in [-0.15, -0.1) is 0 Å². The maximum absolute atomic E-state index is 10.5. The van der Waals surface area contributed by atoms with Crippen molar-refractivity contribution in [3.63, 3.8) is 0 Å². The highest BCUT2D eigenvalue weighted by Crippen LogP contribution is 2.34. The van der Waals surface area contributed by atoms with Gasteiger partial charge in [-0.25, -0.2) is 0 Å². The molecule has 0 atom stereocenters. The van der Waals surface area contributed by atoms with E-state index in [9.17, 15) is 5.11 Å². The van der Waals surface area contributed by atoms with Crippen molar-refractivity contribution < 1.29 is 5.11 Å². The van der Waals surface area contributed by atoms with Crippen molar-refractivity contribution >= 4 is 10.9 Å². The third kappa shape index (κ3) is 2.23. The molecule has 2 aromatic rings. The van der Waals surface area contributed by atoms with E-state index < -0.39 is 0 Å². The molecular formula is C16H22N2O. The summed E-state index contributed by atoms with van der Waals surface area (Å²) in [5, 5.41) is 14.9. The fraction of sp³-hybridized carbons (Fsp3) is 0.500. The van der Waals surface area contributed by atoms with Crippen molar-refractivity contribution in [3.8, 4) is 5.75 Å². The van der Waals surface area contributed by atoms with Gasteiger partial charge in [-0.05, 0) is 69.3 Å². The van der Waals surface area contributed by atoms with Crippen LogP contribution in [0.15, 0.2) is 12.1 Å². The van der Waals surface area contributed by atoms with Crippen LogP contribution in [0.1, 0.15) is 29.7 Å². The summed E-state index contributed by atoms with van der Waals surface area (Å²) in [6.45, 7) is 6.34. The number of benzene rings is 1. The van der Waals surface area contributed by atoms with E-state index in [1.54, 1.807) is 0 Å². The van der Waals surface area contributed by atoms with Gasteiger partial charge >= 0.3 is 0 Å². The first kappa shape index (κ1) is 12.5. The minimum absolute atomic E-state index is 0.484. The van der Waals surface area contributed by atoms with Crippen molar-refractivity contribution in [3.05, 3.63) is 29.0 Å². The number of rotatable bonds is 2. The summed E-state index contributed by atoms with van der Waals surface area (Å²) >= 11 is 0. The lowest BCUT2D eigenvalue weighted by Crippen LogP contribution is -2.28. The fourth-order valence-corrected chi connectivity index (χ4v) is 3.16. The van der Waals surface area contributed by atoms with Crippen molar-refractivity contribution in [1.29, 1.82) is 0 Å². The average Bonchev–Trinajstić information content (AvgIpc) is 2.71. The number of fused-ring (bicyclic) bond motifs is 1. The Kier molecular flexibility index (Phi) is 3.23. The number of hydrogen-bond acceptors (Lipinski definition) is 2. The number of piperidine rings is 1. The van der Waals surface area contributed by atoms with Crippen LogP contribution in [-0.2, 0) is 6.42 Å². The summed E-state index contributed by atoms with van der Waals surface area (Å²) < 4.78 is 0. The predicted octanol–water partition coefficient (Wildman–Crippen LogP) is 3.03. The predicted molar refractivity (Wildman–Crippen MR) is 78.7 cm³/mol. The minimum atomic E-state index is 0.484. The summed E-state index contributed by atoms with van der Waals surface area (Å²) in [5.41, 5.74) is 4.45. The Balaban J connectivity index is 1.95. The van der Waals surface area contributed by atoms with E-state index in [0.29, 0.717) is 11.7 Å². The molecule has 3 nitrogen and oxygen atoms in total. The van der Waals surface area contributed by atoms with Crippen molar-refractivity contribution in [1.82, 2.24) is 10.3 Å². The lowest BCUT2D eigenvalue weighted by atomic mass is 9.90. The highest BCUT2D eigenvalue weighted by atomic mass is 16.3. The van der Waals surface area contributed by atoms with Crippen LogP contribution in [-0.4, -0.2) is 23.2 Å². The maximum Gasteiger partial charge on any atom is 0.128 e. The number of phenols is 1. The fourth-order valence-electron chi connectivity index (χ4n) is 3.16. The Morgan fingerprint density at radius 3 is 2.68 bits per heavy atom. The van der Waals surface area contributed by atoms with Gasteiger partial charge in [0.2, 0.25) is 0 Å². The summed E-state index contributed by atoms with van der Waals surface area (Å²) in [4.78, 5) is 3.33. The van der Waals surface area contributed by atoms with Gasteiger partial charge in [-0.1, -0.05) is 6.07 Å². The summed E-state index contributed by atoms with van der Waals surface area (Å²) in [5.74, 6) is 1.18. The molecule has 19 heavy (non-hydrogen) atoms. The molecule has 3 heteroatoms. The first-order valence-electron chi connectivity index (χ1n) is 7.17. The quantitative estimate of drug-likeness (QED) is 0.775. The van der Waals surface area contributed by atoms with Crippen LogP contribution in [0.2, 0.25) is 0 Å². The standard InChI is InChI=1S/C16H22N2O/c1-10-11(2)18-14-4-3-13(16(19)15(10)14)9-12-5-7-17-8-6-12/h3-4,12,17-19H,5-9H2,1-2H3. The van der Waals surface area contributed by atoms with E-state index >= 15 is 0 Å². The Morgan fingerprint density at radius 1 is 1.21 bits per heavy atom. The number of aromatic amines is 1. The van der Waals surface area contributed by atoms with Crippen LogP contribution >= 0.6 is 0 Å². The number of aromatic nitrogens is 1. The summed E-state index contributed by atoms with van der Waals surface area (Å²) in [7, 11) is 0. The molecule has 0 spiro atoms. The molecule has 1 aliphatic rings. The second kappa shape index (κ2) is 4.89. The molecular weight excluding hydrogens is 236 g/mol. The first-order valence-corrected chi connectivity index (χ1v) is 7.17. The van der Waals surface area contributed by atoms with Crippen LogP contribution in [0.5, 0.6) is 5.75 Å². The topological polar surface area (TPSA) is 48.0 Å². The molecule has 0 unspecified atom stereocenters. The van der Waals surface area contributed by atoms with Crippen molar-refractivity contribution in [2.24, 2.45) is 5.92 Å². The zero-order chi connectivity index (χ0) is 13.4. The first-order chi connectivity index (χ1) is 9.16. The van der Waals surface area contributed by atoms with Gasteiger partial charge < -0.3 is 15.4 Å². The molecule has 3 N–H and O–H groups in total. The Morgan fingerprint density at radius 2 is 1.95 bits per heavy atom. The van der Waals surface area contributed by atoms with Crippen LogP contribution in [0, 0.1) is 19.8 Å². The van der Waals surface area contributed by atoms with Crippen LogP contribution in [0.3, 0.4) is 0 Å². The van der Waals surface area contributed by atoms with Crippen molar-refractivity contribution in [2.75, 3.05) is 13.1 Å². The molecule has 0 saturated carbocycles. The normalized spacial score (nSPS) is 17.2. The molecule has 2 heterocycles. The average molecular weight is 258 g/mol. The van der Waals surface area contributed by atoms with E-state index in [4.69, 9.17) is 0 Å². The lowest BCUT2D eigenvalue weighted by molar-refractivity contribution is 0.367. The maximum atomic E-state index is 10.5. The molecule has 1 aliphatic heterocycles. The molecule has 1 saturated heterocycles. The van der Waals surface area contributed by atoms with Gasteiger partial charge in [0.1, 0.15) is 5.75 Å². The van der Waals surface area contributed by atoms with Crippen LogP contribution in [0.4, 0.5) is 0 Å². The lowest BCUT2D eigenvalue weighted by Gasteiger charge is -2.23. The molecule has 1 aromatic heterocycles. The number of hydrogen-bond donors (Lipinski definition) is 3. The van der Waals surface area contributed by atoms with E-state index in [-0.39, 0.29) is 0 Å². The van der Waals surface area contributed by atoms with E-state index in [0.717, 1.165) is 41.7 Å². The summed E-state index contributed by atoms with van der Waals surface area (Å²) in [6.07, 6.45) is 3.42. The van der Waals surface area contributed by atoms with E-state index in [1.807, 2.05) is 0 Å². The number of H-pyrrole nitrogens is 1. The number of aromatic hydroxyl groups is 1. The number of aryl methyl sites for hydroxylation is 2. The largest absolute Gasteiger partial charge is 0.507 e. The second-order valence-electron chi connectivity index (χ2n) is 5.77. The third-order valence-electron chi connectivity index (χ3n) is 4.49. The molecule has 0 bridgehead atoms. The van der Waals surface area contributed by atoms with Gasteiger partial charge in [0.05, 0.1) is 0 Å². The molecule has 0 amide bonds. The number of phenolic OH excluding ortho intramolecular Hbond substituents is 1. The van der Waals surface area contributed by atoms with Crippen LogP contribution in [0.25, 0.3) is 10.9 Å². The van der Waals surface area contributed by atoms with Gasteiger partial charge in [0, 0.05) is 16.6 Å². The summed E-state index contributed by atoms with van der Waals surface area (Å²) in [6, 6.07) is 4.18. The molecule has 1 fully saturated rings. The Bertz CT molecular complexity index is 594. The zero-order valence-corrected chi connectivity index (χ0v) is 11.7. The van der Waals surface area contributed by atoms with E-state index in [2.05, 4.69) is 36.3 Å². The molecule has 0 aliphatic carbocycles. The molecule has 102 valence electrons. The van der Waals surface area contributed by atoms with Gasteiger partial charge in [-0.2, -0.15) is 0 Å². The molecule has 3 rings (SSSR count). The minimum Gasteiger partial charge on any atom is -0.507 e. The monoisotopic (exact) mass is 258 g/mol. The number of nitrogens with one attached hydrogen (secondary N) is 2. The SMILES string of the molecule is Cc1[nH]c2ccc(CC3CCNCC3)c(O)c2c1C. The second-order valence-corrected chi connectivity index (χ2v) is 5.77. The molecule has 1 aromatic carbocycles.